The van der Waals surface area contributed by atoms with E-state index in [1.807, 2.05) is 6.07 Å². The van der Waals surface area contributed by atoms with Crippen LogP contribution < -0.4 is 20.7 Å². The zero-order valence-corrected chi connectivity index (χ0v) is 20.5. The molecule has 0 amide bonds. The number of halogens is 1. The molecule has 0 aliphatic heterocycles. The Morgan fingerprint density at radius 1 is 0.515 bits per heavy atom. The smallest absolute Gasteiger partial charge is 0.184 e. The largest absolute Gasteiger partial charge is 0.456 e. The normalized spacial score (nSPS) is 11.8. The molecule has 0 spiro atoms. The van der Waals surface area contributed by atoms with E-state index in [-0.39, 0.29) is 0 Å². The van der Waals surface area contributed by atoms with Crippen molar-refractivity contribution in [3.63, 3.8) is 0 Å². The molecule has 0 aliphatic carbocycles. The van der Waals surface area contributed by atoms with Crippen LogP contribution in [0.2, 0.25) is 0 Å². The first-order valence-electron chi connectivity index (χ1n) is 11.1. The number of hydrogen-bond acceptors (Lipinski definition) is 1. The van der Waals surface area contributed by atoms with Crippen LogP contribution in [0.15, 0.2) is 136 Å². The topological polar surface area (TPSA) is 13.1 Å². The van der Waals surface area contributed by atoms with E-state index in [0.29, 0.717) is 0 Å². The Morgan fingerprint density at radius 3 is 1.79 bits per heavy atom. The lowest BCUT2D eigenvalue weighted by atomic mass is 10.1. The van der Waals surface area contributed by atoms with Crippen LogP contribution in [-0.2, 0) is 0 Å². The van der Waals surface area contributed by atoms with Crippen LogP contribution in [0.5, 0.6) is 0 Å². The summed E-state index contributed by atoms with van der Waals surface area (Å²) in [5, 5.41) is 7.59. The Kier molecular flexibility index (Phi) is 5.01. The van der Waals surface area contributed by atoms with Gasteiger partial charge < -0.3 is 4.42 Å². The van der Waals surface area contributed by atoms with Crippen molar-refractivity contribution in [2.75, 3.05) is 0 Å². The lowest BCUT2D eigenvalue weighted by Gasteiger charge is -2.34. The minimum absolute atomic E-state index is 0.929. The molecular formula is C30H21BrOSi. The third-order valence-electron chi connectivity index (χ3n) is 6.48. The van der Waals surface area contributed by atoms with Crippen molar-refractivity contribution in [2.24, 2.45) is 0 Å². The number of furan rings is 1. The number of fused-ring (bicyclic) bond motifs is 3. The number of hydrogen-bond donors (Lipinski definition) is 0. The highest BCUT2D eigenvalue weighted by atomic mass is 79.9. The van der Waals surface area contributed by atoms with Crippen LogP contribution >= 0.6 is 15.9 Å². The second-order valence-electron chi connectivity index (χ2n) is 8.27. The quantitative estimate of drug-likeness (QED) is 0.221. The molecule has 0 atom stereocenters. The van der Waals surface area contributed by atoms with E-state index in [4.69, 9.17) is 4.42 Å². The third kappa shape index (κ3) is 3.19. The zero-order chi connectivity index (χ0) is 22.3. The van der Waals surface area contributed by atoms with Gasteiger partial charge in [0, 0.05) is 15.2 Å². The fraction of sp³-hybridized carbons (Fsp3) is 0. The number of rotatable bonds is 4. The van der Waals surface area contributed by atoms with Gasteiger partial charge in [-0.25, -0.2) is 0 Å². The maximum atomic E-state index is 6.61. The lowest BCUT2D eigenvalue weighted by Crippen LogP contribution is -2.74. The Morgan fingerprint density at radius 2 is 1.09 bits per heavy atom. The fourth-order valence-corrected chi connectivity index (χ4v) is 10.6. The van der Waals surface area contributed by atoms with Gasteiger partial charge in [-0.15, -0.1) is 0 Å². The van der Waals surface area contributed by atoms with E-state index < -0.39 is 8.07 Å². The van der Waals surface area contributed by atoms with E-state index in [1.165, 1.54) is 26.1 Å². The number of benzene rings is 5. The molecule has 6 aromatic rings. The summed E-state index contributed by atoms with van der Waals surface area (Å²) in [6, 6.07) is 45.7. The molecule has 0 saturated carbocycles. The molecule has 0 N–H and O–H groups in total. The fourth-order valence-electron chi connectivity index (χ4n) is 5.11. The Hall–Kier alpha value is -3.40. The second-order valence-corrected chi connectivity index (χ2v) is 13.0. The van der Waals surface area contributed by atoms with Gasteiger partial charge in [0.25, 0.3) is 0 Å². The second kappa shape index (κ2) is 8.18. The molecule has 33 heavy (non-hydrogen) atoms. The van der Waals surface area contributed by atoms with Crippen LogP contribution in [0.4, 0.5) is 0 Å². The summed E-state index contributed by atoms with van der Waals surface area (Å²) in [6.07, 6.45) is 0. The molecule has 1 heterocycles. The summed E-state index contributed by atoms with van der Waals surface area (Å²) in [7, 11) is -2.68. The molecule has 1 aromatic heterocycles. The molecule has 0 unspecified atom stereocenters. The molecule has 0 aliphatic rings. The van der Waals surface area contributed by atoms with E-state index in [2.05, 4.69) is 137 Å². The van der Waals surface area contributed by atoms with Gasteiger partial charge in [0.05, 0.1) is 0 Å². The monoisotopic (exact) mass is 504 g/mol. The Labute approximate surface area is 202 Å². The van der Waals surface area contributed by atoms with Gasteiger partial charge in [0.2, 0.25) is 0 Å². The van der Waals surface area contributed by atoms with Gasteiger partial charge in [0.15, 0.2) is 8.07 Å². The maximum absolute atomic E-state index is 6.61. The third-order valence-corrected chi connectivity index (χ3v) is 11.8. The highest BCUT2D eigenvalue weighted by Gasteiger charge is 2.43. The predicted molar refractivity (Wildman–Crippen MR) is 145 cm³/mol. The molecule has 0 bridgehead atoms. The van der Waals surface area contributed by atoms with E-state index in [1.54, 1.807) is 0 Å². The van der Waals surface area contributed by atoms with Crippen molar-refractivity contribution in [1.82, 2.24) is 0 Å². The van der Waals surface area contributed by atoms with Crippen LogP contribution in [-0.4, -0.2) is 8.07 Å². The van der Waals surface area contributed by atoms with Gasteiger partial charge in [-0.2, -0.15) is 0 Å². The summed E-state index contributed by atoms with van der Waals surface area (Å²) in [6.45, 7) is 0. The summed E-state index contributed by atoms with van der Waals surface area (Å²) in [4.78, 5) is 0. The van der Waals surface area contributed by atoms with E-state index >= 15 is 0 Å². The summed E-state index contributed by atoms with van der Waals surface area (Å²) >= 11 is 3.75. The summed E-state index contributed by atoms with van der Waals surface area (Å²) < 4.78 is 7.69. The molecule has 1 nitrogen and oxygen atoms in total. The van der Waals surface area contributed by atoms with Crippen molar-refractivity contribution >= 4 is 66.7 Å². The molecule has 0 fully saturated rings. The van der Waals surface area contributed by atoms with Crippen molar-refractivity contribution in [3.8, 4) is 0 Å². The standard InChI is InChI=1S/C30H21BrOSi/c31-22-11-9-16-25(21-22)33(23-12-3-1-4-13-23,24-14-5-2-6-15-24)29-20-10-18-27-26-17-7-8-19-28(26)32-30(27)29/h1-21H. The van der Waals surface area contributed by atoms with Crippen LogP contribution in [0.1, 0.15) is 0 Å². The molecular weight excluding hydrogens is 484 g/mol. The zero-order valence-electron chi connectivity index (χ0n) is 17.9. The van der Waals surface area contributed by atoms with Gasteiger partial charge in [-0.1, -0.05) is 125 Å². The van der Waals surface area contributed by atoms with Crippen molar-refractivity contribution in [2.45, 2.75) is 0 Å². The van der Waals surface area contributed by atoms with E-state index in [9.17, 15) is 0 Å². The Bertz CT molecular complexity index is 1530. The van der Waals surface area contributed by atoms with Crippen molar-refractivity contribution in [3.05, 3.63) is 132 Å². The van der Waals surface area contributed by atoms with Crippen molar-refractivity contribution in [1.29, 1.82) is 0 Å². The first-order valence-corrected chi connectivity index (χ1v) is 13.9. The minimum atomic E-state index is -2.68. The highest BCUT2D eigenvalue weighted by molar-refractivity contribution is 9.10. The van der Waals surface area contributed by atoms with E-state index in [0.717, 1.165) is 21.0 Å². The average Bonchev–Trinajstić information content (AvgIpc) is 3.26. The maximum Gasteiger partial charge on any atom is 0.184 e. The Balaban J connectivity index is 1.83. The highest BCUT2D eigenvalue weighted by Crippen LogP contribution is 2.29. The predicted octanol–water partition coefficient (Wildman–Crippen LogP) is 5.73. The summed E-state index contributed by atoms with van der Waals surface area (Å²) in [5.74, 6) is 0. The number of para-hydroxylation sites is 2. The van der Waals surface area contributed by atoms with Gasteiger partial charge >= 0.3 is 0 Å². The molecule has 5 aromatic carbocycles. The van der Waals surface area contributed by atoms with Crippen LogP contribution in [0.25, 0.3) is 21.9 Å². The van der Waals surface area contributed by atoms with Crippen molar-refractivity contribution < 1.29 is 4.42 Å². The SMILES string of the molecule is Brc1cccc([Si](c2ccccc2)(c2ccccc2)c2cccc3c2oc2ccccc23)c1. The average molecular weight is 505 g/mol. The lowest BCUT2D eigenvalue weighted by molar-refractivity contribution is 0.671. The van der Waals surface area contributed by atoms with Gasteiger partial charge in [-0.3, -0.25) is 0 Å². The van der Waals surface area contributed by atoms with Crippen LogP contribution in [0, 0.1) is 0 Å². The molecule has 0 radical (unpaired) electrons. The first kappa shape index (κ1) is 20.2. The molecule has 158 valence electrons. The van der Waals surface area contributed by atoms with Gasteiger partial charge in [-0.05, 0) is 38.9 Å². The first-order chi connectivity index (χ1) is 16.3. The molecule has 3 heteroatoms. The summed E-state index contributed by atoms with van der Waals surface area (Å²) in [5.41, 5.74) is 1.91. The molecule has 0 saturated heterocycles. The minimum Gasteiger partial charge on any atom is -0.456 e. The molecule has 6 rings (SSSR count). The van der Waals surface area contributed by atoms with Gasteiger partial charge in [0.1, 0.15) is 11.2 Å². The van der Waals surface area contributed by atoms with Crippen LogP contribution in [0.3, 0.4) is 0 Å².